The summed E-state index contributed by atoms with van der Waals surface area (Å²) >= 11 is 0. The number of nitrogens with zero attached hydrogens (tertiary/aromatic N) is 1. The van der Waals surface area contributed by atoms with Crippen molar-refractivity contribution in [1.82, 2.24) is 4.98 Å². The maximum absolute atomic E-state index is 5.72. The summed E-state index contributed by atoms with van der Waals surface area (Å²) in [7, 11) is 0. The van der Waals surface area contributed by atoms with Gasteiger partial charge in [0.1, 0.15) is 5.82 Å². The molecule has 0 saturated carbocycles. The molecule has 1 rings (SSSR count). The van der Waals surface area contributed by atoms with Crippen LogP contribution < -0.4 is 17.0 Å². The quantitative estimate of drug-likeness (QED) is 0.474. The molecule has 13 heavy (non-hydrogen) atoms. The summed E-state index contributed by atoms with van der Waals surface area (Å²) in [6.07, 6.45) is 0. The van der Waals surface area contributed by atoms with Crippen LogP contribution in [0.4, 0.5) is 11.5 Å². The topological polar surface area (TPSA) is 77.0 Å². The minimum atomic E-state index is 0.384. The molecule has 0 amide bonds. The van der Waals surface area contributed by atoms with Crippen molar-refractivity contribution >= 4 is 11.5 Å². The van der Waals surface area contributed by atoms with E-state index in [0.29, 0.717) is 11.7 Å². The molecule has 1 aromatic rings. The fourth-order valence-corrected chi connectivity index (χ4v) is 1.34. The molecule has 0 atom stereocenters. The number of nitrogen functional groups attached to an aromatic ring is 2. The van der Waals surface area contributed by atoms with Crippen molar-refractivity contribution in [3.05, 3.63) is 17.3 Å². The van der Waals surface area contributed by atoms with E-state index in [9.17, 15) is 0 Å². The Labute approximate surface area is 78.3 Å². The Morgan fingerprint density at radius 2 is 2.08 bits per heavy atom. The Bertz CT molecular complexity index is 307. The lowest BCUT2D eigenvalue weighted by Crippen LogP contribution is -2.13. The molecule has 0 unspecified atom stereocenters. The molecule has 1 heterocycles. The third-order valence-electron chi connectivity index (χ3n) is 1.97. The van der Waals surface area contributed by atoms with Gasteiger partial charge in [0.05, 0.1) is 5.69 Å². The van der Waals surface area contributed by atoms with Gasteiger partial charge in [0.25, 0.3) is 0 Å². The molecule has 0 bridgehead atoms. The fraction of sp³-hybridized carbons (Fsp3) is 0.444. The number of rotatable bonds is 2. The molecule has 1 aromatic heterocycles. The first kappa shape index (κ1) is 9.80. The molecule has 0 aliphatic carbocycles. The number of aryl methyl sites for hydroxylation is 1. The van der Waals surface area contributed by atoms with Crippen LogP contribution in [0.25, 0.3) is 0 Å². The summed E-state index contributed by atoms with van der Waals surface area (Å²) in [5.41, 5.74) is 11.1. The molecule has 72 valence electrons. The van der Waals surface area contributed by atoms with Crippen molar-refractivity contribution in [2.45, 2.75) is 26.7 Å². The highest BCUT2D eigenvalue weighted by atomic mass is 15.2. The number of nitrogens with two attached hydrogens (primary N) is 2. The van der Waals surface area contributed by atoms with E-state index in [-0.39, 0.29) is 0 Å². The van der Waals surface area contributed by atoms with Gasteiger partial charge in [0, 0.05) is 5.69 Å². The molecule has 0 saturated heterocycles. The van der Waals surface area contributed by atoms with E-state index in [1.54, 1.807) is 0 Å². The number of pyridine rings is 1. The van der Waals surface area contributed by atoms with Crippen LogP contribution in [-0.2, 0) is 0 Å². The first-order valence-electron chi connectivity index (χ1n) is 4.30. The average Bonchev–Trinajstić information content (AvgIpc) is 2.02. The van der Waals surface area contributed by atoms with Crippen LogP contribution >= 0.6 is 0 Å². The molecule has 0 fully saturated rings. The lowest BCUT2D eigenvalue weighted by atomic mass is 10.0. The van der Waals surface area contributed by atoms with E-state index < -0.39 is 0 Å². The van der Waals surface area contributed by atoms with Crippen LogP contribution in [0, 0.1) is 6.92 Å². The van der Waals surface area contributed by atoms with Crippen molar-refractivity contribution in [3.63, 3.8) is 0 Å². The van der Waals surface area contributed by atoms with E-state index in [0.717, 1.165) is 16.9 Å². The Hall–Kier alpha value is -1.29. The van der Waals surface area contributed by atoms with Crippen LogP contribution in [0.3, 0.4) is 0 Å². The molecule has 0 radical (unpaired) electrons. The van der Waals surface area contributed by atoms with E-state index in [1.807, 2.05) is 13.0 Å². The minimum Gasteiger partial charge on any atom is -0.382 e. The van der Waals surface area contributed by atoms with E-state index in [2.05, 4.69) is 24.3 Å². The Kier molecular flexibility index (Phi) is 2.72. The highest BCUT2D eigenvalue weighted by Gasteiger charge is 2.10. The van der Waals surface area contributed by atoms with Crippen molar-refractivity contribution < 1.29 is 0 Å². The Morgan fingerprint density at radius 3 is 2.54 bits per heavy atom. The maximum atomic E-state index is 5.72. The second kappa shape index (κ2) is 3.62. The summed E-state index contributed by atoms with van der Waals surface area (Å²) in [4.78, 5) is 4.12. The van der Waals surface area contributed by atoms with Crippen LogP contribution in [0.15, 0.2) is 6.07 Å². The first-order chi connectivity index (χ1) is 6.06. The molecular formula is C9H16N4. The molecule has 0 spiro atoms. The predicted octanol–water partition coefficient (Wildman–Crippen LogP) is 1.38. The zero-order valence-corrected chi connectivity index (χ0v) is 8.26. The van der Waals surface area contributed by atoms with E-state index >= 15 is 0 Å². The summed E-state index contributed by atoms with van der Waals surface area (Å²) < 4.78 is 0. The zero-order valence-electron chi connectivity index (χ0n) is 8.26. The third-order valence-corrected chi connectivity index (χ3v) is 1.97. The molecule has 4 heteroatoms. The van der Waals surface area contributed by atoms with Gasteiger partial charge in [-0.25, -0.2) is 4.98 Å². The van der Waals surface area contributed by atoms with Gasteiger partial charge in [-0.2, -0.15) is 0 Å². The number of hydrazine groups is 1. The average molecular weight is 180 g/mol. The molecule has 0 aromatic carbocycles. The number of aromatic nitrogens is 1. The van der Waals surface area contributed by atoms with Gasteiger partial charge >= 0.3 is 0 Å². The predicted molar refractivity (Wildman–Crippen MR) is 55.3 cm³/mol. The van der Waals surface area contributed by atoms with Gasteiger partial charge in [-0.3, -0.25) is 5.84 Å². The normalized spacial score (nSPS) is 10.5. The van der Waals surface area contributed by atoms with E-state index in [4.69, 9.17) is 11.6 Å². The lowest BCUT2D eigenvalue weighted by Gasteiger charge is -2.14. The molecular weight excluding hydrogens is 164 g/mol. The summed E-state index contributed by atoms with van der Waals surface area (Å²) in [6, 6.07) is 2.00. The molecule has 0 aliphatic rings. The fourth-order valence-electron chi connectivity index (χ4n) is 1.34. The monoisotopic (exact) mass is 180 g/mol. The van der Waals surface area contributed by atoms with Gasteiger partial charge in [-0.05, 0) is 24.5 Å². The molecule has 0 aliphatic heterocycles. The zero-order chi connectivity index (χ0) is 10.0. The van der Waals surface area contributed by atoms with E-state index in [1.165, 1.54) is 0 Å². The van der Waals surface area contributed by atoms with Crippen molar-refractivity contribution in [1.29, 1.82) is 0 Å². The minimum absolute atomic E-state index is 0.384. The highest BCUT2D eigenvalue weighted by Crippen LogP contribution is 2.28. The SMILES string of the molecule is Cc1cc(C(C)C)c(NN)c(N)n1. The molecule has 5 N–H and O–H groups in total. The van der Waals surface area contributed by atoms with Crippen molar-refractivity contribution in [2.75, 3.05) is 11.2 Å². The standard InChI is InChI=1S/C9H16N4/c1-5(2)7-4-6(3)12-9(10)8(7)13-11/h4-5,13H,11H2,1-3H3,(H2,10,12). The van der Waals surface area contributed by atoms with Gasteiger partial charge in [0.15, 0.2) is 0 Å². The maximum Gasteiger partial charge on any atom is 0.148 e. The van der Waals surface area contributed by atoms with Crippen LogP contribution in [0.2, 0.25) is 0 Å². The summed E-state index contributed by atoms with van der Waals surface area (Å²) in [6.45, 7) is 6.10. The van der Waals surface area contributed by atoms with Gasteiger partial charge in [0.2, 0.25) is 0 Å². The number of nitrogens with one attached hydrogen (secondary N) is 1. The van der Waals surface area contributed by atoms with Crippen molar-refractivity contribution in [3.8, 4) is 0 Å². The summed E-state index contributed by atoms with van der Waals surface area (Å²) in [5, 5.41) is 0. The first-order valence-corrected chi connectivity index (χ1v) is 4.30. The Balaban J connectivity index is 3.29. The van der Waals surface area contributed by atoms with Crippen LogP contribution in [-0.4, -0.2) is 4.98 Å². The second-order valence-corrected chi connectivity index (χ2v) is 3.41. The lowest BCUT2D eigenvalue weighted by molar-refractivity contribution is 0.861. The van der Waals surface area contributed by atoms with Crippen molar-refractivity contribution in [2.24, 2.45) is 5.84 Å². The number of anilines is 2. The number of hydrogen-bond acceptors (Lipinski definition) is 4. The van der Waals surface area contributed by atoms with Gasteiger partial charge in [-0.15, -0.1) is 0 Å². The van der Waals surface area contributed by atoms with Crippen LogP contribution in [0.5, 0.6) is 0 Å². The highest BCUT2D eigenvalue weighted by molar-refractivity contribution is 5.67. The molecule has 4 nitrogen and oxygen atoms in total. The van der Waals surface area contributed by atoms with Crippen LogP contribution in [0.1, 0.15) is 31.0 Å². The van der Waals surface area contributed by atoms with Gasteiger partial charge < -0.3 is 11.2 Å². The smallest absolute Gasteiger partial charge is 0.148 e. The summed E-state index contributed by atoms with van der Waals surface area (Å²) in [5.74, 6) is 6.22. The van der Waals surface area contributed by atoms with Gasteiger partial charge in [-0.1, -0.05) is 13.8 Å². The second-order valence-electron chi connectivity index (χ2n) is 3.41. The number of hydrogen-bond donors (Lipinski definition) is 3. The largest absolute Gasteiger partial charge is 0.382 e. The Morgan fingerprint density at radius 1 is 1.46 bits per heavy atom. The third kappa shape index (κ3) is 1.89.